The standard InChI is InChI=1S/C15H13F4N3/c1-22-13-10(6-9-2-4-11(16)5-3-9)7-20-8-12(13)14(21-22)15(17,18)19/h2-6,20H,7-8H2,1H3/b10-6+. The van der Waals surface area contributed by atoms with Crippen LogP contribution in [0.4, 0.5) is 17.6 Å². The molecule has 3 nitrogen and oxygen atoms in total. The molecule has 2 aromatic rings. The minimum absolute atomic E-state index is 0.124. The van der Waals surface area contributed by atoms with Crippen LogP contribution in [-0.2, 0) is 19.8 Å². The number of hydrogen-bond donors (Lipinski definition) is 1. The van der Waals surface area contributed by atoms with Crippen molar-refractivity contribution in [3.8, 4) is 0 Å². The van der Waals surface area contributed by atoms with Crippen molar-refractivity contribution in [3.63, 3.8) is 0 Å². The average molecular weight is 311 g/mol. The van der Waals surface area contributed by atoms with E-state index in [4.69, 9.17) is 0 Å². The number of aromatic nitrogens is 2. The molecule has 0 saturated carbocycles. The van der Waals surface area contributed by atoms with Gasteiger partial charge in [0.25, 0.3) is 0 Å². The van der Waals surface area contributed by atoms with Gasteiger partial charge in [0, 0.05) is 25.7 Å². The number of alkyl halides is 3. The lowest BCUT2D eigenvalue weighted by Gasteiger charge is -2.19. The zero-order valence-electron chi connectivity index (χ0n) is 11.7. The molecule has 0 saturated heterocycles. The second kappa shape index (κ2) is 5.24. The molecule has 0 fully saturated rings. The minimum Gasteiger partial charge on any atom is -0.308 e. The summed E-state index contributed by atoms with van der Waals surface area (Å²) in [6.07, 6.45) is -2.74. The van der Waals surface area contributed by atoms with Gasteiger partial charge in [-0.15, -0.1) is 0 Å². The van der Waals surface area contributed by atoms with Gasteiger partial charge in [0.2, 0.25) is 0 Å². The van der Waals surface area contributed by atoms with E-state index < -0.39 is 11.9 Å². The van der Waals surface area contributed by atoms with E-state index in [9.17, 15) is 17.6 Å². The average Bonchev–Trinajstić information content (AvgIpc) is 2.80. The third kappa shape index (κ3) is 2.64. The zero-order valence-corrected chi connectivity index (χ0v) is 11.7. The Balaban J connectivity index is 2.08. The molecule has 116 valence electrons. The molecule has 1 aliphatic rings. The Morgan fingerprint density at radius 1 is 1.18 bits per heavy atom. The summed E-state index contributed by atoms with van der Waals surface area (Å²) < 4.78 is 53.3. The summed E-state index contributed by atoms with van der Waals surface area (Å²) in [4.78, 5) is 0. The molecule has 1 N–H and O–H groups in total. The van der Waals surface area contributed by atoms with Crippen LogP contribution >= 0.6 is 0 Å². The molecule has 1 aliphatic heterocycles. The van der Waals surface area contributed by atoms with E-state index in [2.05, 4.69) is 10.4 Å². The molecule has 22 heavy (non-hydrogen) atoms. The van der Waals surface area contributed by atoms with Crippen molar-refractivity contribution in [3.05, 3.63) is 52.6 Å². The number of rotatable bonds is 1. The van der Waals surface area contributed by atoms with Crippen LogP contribution < -0.4 is 5.32 Å². The van der Waals surface area contributed by atoms with Crippen LogP contribution in [0.1, 0.15) is 22.5 Å². The first-order valence-electron chi connectivity index (χ1n) is 6.66. The van der Waals surface area contributed by atoms with Crippen molar-refractivity contribution in [1.82, 2.24) is 15.1 Å². The third-order valence-electron chi connectivity index (χ3n) is 3.55. The number of nitrogens with one attached hydrogen (secondary N) is 1. The highest BCUT2D eigenvalue weighted by molar-refractivity contribution is 5.83. The summed E-state index contributed by atoms with van der Waals surface area (Å²) in [5, 5.41) is 6.57. The summed E-state index contributed by atoms with van der Waals surface area (Å²) in [6, 6.07) is 5.79. The molecule has 2 heterocycles. The maximum absolute atomic E-state index is 13.0. The number of aryl methyl sites for hydroxylation is 1. The second-order valence-electron chi connectivity index (χ2n) is 5.12. The van der Waals surface area contributed by atoms with Crippen molar-refractivity contribution in [1.29, 1.82) is 0 Å². The maximum Gasteiger partial charge on any atom is 0.435 e. The van der Waals surface area contributed by atoms with Gasteiger partial charge in [-0.3, -0.25) is 4.68 Å². The first-order valence-corrected chi connectivity index (χ1v) is 6.66. The maximum atomic E-state index is 13.0. The Morgan fingerprint density at radius 2 is 1.86 bits per heavy atom. The predicted molar refractivity (Wildman–Crippen MR) is 74.2 cm³/mol. The van der Waals surface area contributed by atoms with Crippen LogP contribution in [0.15, 0.2) is 24.3 Å². The highest BCUT2D eigenvalue weighted by Crippen LogP contribution is 2.36. The van der Waals surface area contributed by atoms with Crippen molar-refractivity contribution in [2.75, 3.05) is 6.54 Å². The smallest absolute Gasteiger partial charge is 0.308 e. The first kappa shape index (κ1) is 14.8. The van der Waals surface area contributed by atoms with Gasteiger partial charge in [-0.25, -0.2) is 4.39 Å². The van der Waals surface area contributed by atoms with Crippen molar-refractivity contribution in [2.24, 2.45) is 7.05 Å². The molecule has 0 bridgehead atoms. The zero-order chi connectivity index (χ0) is 15.9. The van der Waals surface area contributed by atoms with Crippen LogP contribution in [0.2, 0.25) is 0 Å². The summed E-state index contributed by atoms with van der Waals surface area (Å²) in [5.41, 5.74) is 1.17. The molecule has 0 unspecified atom stereocenters. The lowest BCUT2D eigenvalue weighted by molar-refractivity contribution is -0.142. The van der Waals surface area contributed by atoms with Gasteiger partial charge in [0.15, 0.2) is 5.69 Å². The van der Waals surface area contributed by atoms with Gasteiger partial charge in [0.05, 0.1) is 5.69 Å². The van der Waals surface area contributed by atoms with E-state index in [1.54, 1.807) is 18.2 Å². The summed E-state index contributed by atoms with van der Waals surface area (Å²) in [7, 11) is 1.50. The van der Waals surface area contributed by atoms with Crippen molar-refractivity contribution in [2.45, 2.75) is 12.7 Å². The Bertz CT molecular complexity index is 726. The molecule has 0 radical (unpaired) electrons. The van der Waals surface area contributed by atoms with E-state index in [1.807, 2.05) is 0 Å². The fourth-order valence-electron chi connectivity index (χ4n) is 2.65. The van der Waals surface area contributed by atoms with Gasteiger partial charge in [-0.2, -0.15) is 18.3 Å². The largest absolute Gasteiger partial charge is 0.435 e. The number of nitrogens with zero attached hydrogens (tertiary/aromatic N) is 2. The second-order valence-corrected chi connectivity index (χ2v) is 5.12. The quantitative estimate of drug-likeness (QED) is 0.820. The Labute approximate surface area is 124 Å². The lowest BCUT2D eigenvalue weighted by atomic mass is 9.99. The Kier molecular flexibility index (Phi) is 3.52. The van der Waals surface area contributed by atoms with Crippen molar-refractivity contribution >= 4 is 11.6 Å². The molecule has 0 amide bonds. The molecule has 3 rings (SSSR count). The Hall–Kier alpha value is -2.15. The van der Waals surface area contributed by atoms with Gasteiger partial charge < -0.3 is 5.32 Å². The van der Waals surface area contributed by atoms with E-state index in [1.165, 1.54) is 23.9 Å². The first-order chi connectivity index (χ1) is 10.4. The molecule has 1 aromatic carbocycles. The number of benzene rings is 1. The highest BCUT2D eigenvalue weighted by atomic mass is 19.4. The van der Waals surface area contributed by atoms with Gasteiger partial charge in [-0.05, 0) is 29.3 Å². The molecule has 0 spiro atoms. The van der Waals surface area contributed by atoms with Crippen LogP contribution in [-0.4, -0.2) is 16.3 Å². The van der Waals surface area contributed by atoms with Gasteiger partial charge in [-0.1, -0.05) is 12.1 Å². The number of fused-ring (bicyclic) bond motifs is 1. The normalized spacial score (nSPS) is 16.9. The predicted octanol–water partition coefficient (Wildman–Crippen LogP) is 3.22. The molecule has 1 aromatic heterocycles. The molecule has 0 aliphatic carbocycles. The lowest BCUT2D eigenvalue weighted by Crippen LogP contribution is -2.25. The Morgan fingerprint density at radius 3 is 2.50 bits per heavy atom. The fourth-order valence-corrected chi connectivity index (χ4v) is 2.65. The van der Waals surface area contributed by atoms with E-state index in [0.717, 1.165) is 5.56 Å². The SMILES string of the molecule is Cn1nc(C(F)(F)F)c2c1/C(=C/c1ccc(F)cc1)CNC2. The summed E-state index contributed by atoms with van der Waals surface area (Å²) >= 11 is 0. The van der Waals surface area contributed by atoms with Crippen molar-refractivity contribution < 1.29 is 17.6 Å². The monoisotopic (exact) mass is 311 g/mol. The third-order valence-corrected chi connectivity index (χ3v) is 3.55. The van der Waals surface area contributed by atoms with E-state index in [0.29, 0.717) is 17.8 Å². The van der Waals surface area contributed by atoms with Gasteiger partial charge >= 0.3 is 6.18 Å². The topological polar surface area (TPSA) is 29.9 Å². The van der Waals surface area contributed by atoms with Gasteiger partial charge in [0.1, 0.15) is 5.82 Å². The summed E-state index contributed by atoms with van der Waals surface area (Å²) in [5.74, 6) is -0.357. The summed E-state index contributed by atoms with van der Waals surface area (Å²) in [6.45, 7) is 0.556. The van der Waals surface area contributed by atoms with Crippen LogP contribution in [0.5, 0.6) is 0 Å². The molecule has 7 heteroatoms. The molecular formula is C15H13F4N3. The number of halogens is 4. The molecule has 0 atom stereocenters. The highest BCUT2D eigenvalue weighted by Gasteiger charge is 2.39. The fraction of sp³-hybridized carbons (Fsp3) is 0.267. The van der Waals surface area contributed by atoms with E-state index >= 15 is 0 Å². The van der Waals surface area contributed by atoms with E-state index in [-0.39, 0.29) is 17.9 Å². The molecular weight excluding hydrogens is 298 g/mol. The van der Waals surface area contributed by atoms with Crippen LogP contribution in [0.3, 0.4) is 0 Å². The minimum atomic E-state index is -4.48. The van der Waals surface area contributed by atoms with Crippen LogP contribution in [0.25, 0.3) is 11.6 Å². The van der Waals surface area contributed by atoms with Crippen LogP contribution in [0, 0.1) is 5.82 Å². The number of hydrogen-bond acceptors (Lipinski definition) is 2.